The molecule has 0 heterocycles. The van der Waals surface area contributed by atoms with Gasteiger partial charge in [-0.15, -0.1) is 0 Å². The van der Waals surface area contributed by atoms with E-state index in [0.29, 0.717) is 0 Å². The van der Waals surface area contributed by atoms with Crippen molar-refractivity contribution in [3.63, 3.8) is 0 Å². The molecule has 0 aliphatic carbocycles. The maximum atomic E-state index is 12.3. The molecular weight excluding hydrogens is 338 g/mol. The minimum Gasteiger partial charge on any atom is -0.461 e. The van der Waals surface area contributed by atoms with Crippen LogP contribution in [0, 0.1) is 5.92 Å². The lowest BCUT2D eigenvalue weighted by molar-refractivity contribution is -0.161. The van der Waals surface area contributed by atoms with Crippen LogP contribution >= 0.6 is 0 Å². The van der Waals surface area contributed by atoms with Gasteiger partial charge in [0.25, 0.3) is 5.91 Å². The number of para-hydroxylation sites is 1. The molecule has 1 rings (SSSR count). The summed E-state index contributed by atoms with van der Waals surface area (Å²) in [5.74, 6) is 2.45. The number of anilines is 1. The number of hydrogen-bond acceptors (Lipinski definition) is 7. The van der Waals surface area contributed by atoms with Crippen molar-refractivity contribution < 1.29 is 23.9 Å². The zero-order chi connectivity index (χ0) is 19.5. The zero-order valence-electron chi connectivity index (χ0n) is 14.4. The van der Waals surface area contributed by atoms with E-state index in [-0.39, 0.29) is 37.4 Å². The molecule has 1 aromatic carbocycles. The van der Waals surface area contributed by atoms with Crippen molar-refractivity contribution >= 4 is 23.5 Å². The summed E-state index contributed by atoms with van der Waals surface area (Å²) in [6.45, 7) is 6.70. The van der Waals surface area contributed by atoms with Crippen LogP contribution < -0.4 is 11.6 Å². The van der Waals surface area contributed by atoms with E-state index in [1.807, 2.05) is 0 Å². The number of carbonyl (C=O) groups is 3. The second kappa shape index (κ2) is 10.7. The Labute approximate surface area is 152 Å². The molecule has 0 fully saturated rings. The number of hydrazine groups is 1. The Morgan fingerprint density at radius 2 is 1.62 bits per heavy atom. The van der Waals surface area contributed by atoms with Crippen molar-refractivity contribution in [1.29, 1.82) is 0 Å². The van der Waals surface area contributed by atoms with Gasteiger partial charge in [-0.2, -0.15) is 0 Å². The number of esters is 2. The highest BCUT2D eigenvalue weighted by atomic mass is 16.6. The number of nitrogen functional groups attached to an aromatic ring is 1. The summed E-state index contributed by atoms with van der Waals surface area (Å²) in [5, 5.41) is 0.889. The number of hydrogen-bond donors (Lipinski definition) is 2. The highest BCUT2D eigenvalue weighted by Gasteiger charge is 2.30. The van der Waals surface area contributed by atoms with E-state index in [0.717, 1.165) is 5.01 Å². The fourth-order valence-corrected chi connectivity index (χ4v) is 2.03. The Bertz CT molecular complexity index is 651. The number of nitrogens with two attached hydrogens (primary N) is 2. The number of ether oxygens (including phenoxy) is 2. The summed E-state index contributed by atoms with van der Waals surface area (Å²) in [6, 6.07) is 6.45. The number of carbonyl (C=O) groups excluding carboxylic acids is 3. The lowest BCUT2D eigenvalue weighted by Crippen LogP contribution is -2.41. The van der Waals surface area contributed by atoms with Crippen molar-refractivity contribution in [3.8, 4) is 0 Å². The molecule has 0 atom stereocenters. The van der Waals surface area contributed by atoms with E-state index < -0.39 is 23.8 Å². The van der Waals surface area contributed by atoms with Crippen LogP contribution in [0.25, 0.3) is 0 Å². The lowest BCUT2D eigenvalue weighted by Gasteiger charge is -2.20. The number of benzene rings is 1. The average Bonchev–Trinajstić information content (AvgIpc) is 2.64. The quantitative estimate of drug-likeness (QED) is 0.121. The van der Waals surface area contributed by atoms with Crippen molar-refractivity contribution in [2.45, 2.75) is 6.42 Å². The predicted molar refractivity (Wildman–Crippen MR) is 96.5 cm³/mol. The first-order valence-corrected chi connectivity index (χ1v) is 7.88. The number of rotatable bonds is 10. The third-order valence-electron chi connectivity index (χ3n) is 3.37. The summed E-state index contributed by atoms with van der Waals surface area (Å²) < 4.78 is 9.81. The molecule has 4 N–H and O–H groups in total. The average molecular weight is 361 g/mol. The van der Waals surface area contributed by atoms with Gasteiger partial charge >= 0.3 is 11.9 Å². The fourth-order valence-electron chi connectivity index (χ4n) is 2.03. The largest absolute Gasteiger partial charge is 0.461 e. The van der Waals surface area contributed by atoms with Gasteiger partial charge in [-0.25, -0.2) is 5.84 Å². The fraction of sp³-hybridized carbons (Fsp3) is 0.278. The molecule has 8 nitrogen and oxygen atoms in total. The molecule has 0 unspecified atom stereocenters. The van der Waals surface area contributed by atoms with Crippen LogP contribution in [0.1, 0.15) is 16.8 Å². The maximum absolute atomic E-state index is 12.3. The Morgan fingerprint density at radius 1 is 1.08 bits per heavy atom. The molecule has 0 aromatic heterocycles. The Hall–Kier alpha value is -3.13. The van der Waals surface area contributed by atoms with Gasteiger partial charge in [0.05, 0.1) is 5.56 Å². The smallest absolute Gasteiger partial charge is 0.320 e. The highest BCUT2D eigenvalue weighted by Crippen LogP contribution is 2.14. The first-order valence-electron chi connectivity index (χ1n) is 7.88. The second-order valence-electron chi connectivity index (χ2n) is 5.26. The van der Waals surface area contributed by atoms with Crippen LogP contribution in [0.3, 0.4) is 0 Å². The van der Waals surface area contributed by atoms with E-state index in [2.05, 4.69) is 13.2 Å². The van der Waals surface area contributed by atoms with E-state index >= 15 is 0 Å². The summed E-state index contributed by atoms with van der Waals surface area (Å²) >= 11 is 0. The summed E-state index contributed by atoms with van der Waals surface area (Å²) in [5.41, 5.74) is 6.26. The molecule has 0 aliphatic rings. The first kappa shape index (κ1) is 20.9. The molecule has 140 valence electrons. The van der Waals surface area contributed by atoms with Gasteiger partial charge < -0.3 is 15.2 Å². The van der Waals surface area contributed by atoms with Crippen LogP contribution in [0.15, 0.2) is 49.6 Å². The van der Waals surface area contributed by atoms with E-state index in [9.17, 15) is 14.4 Å². The molecule has 0 saturated carbocycles. The molecule has 26 heavy (non-hydrogen) atoms. The van der Waals surface area contributed by atoms with Gasteiger partial charge in [-0.3, -0.25) is 19.4 Å². The monoisotopic (exact) mass is 361 g/mol. The Morgan fingerprint density at radius 3 is 2.12 bits per heavy atom. The minimum absolute atomic E-state index is 0.0457. The molecule has 1 aromatic rings. The van der Waals surface area contributed by atoms with Crippen LogP contribution in [0.4, 0.5) is 5.69 Å². The second-order valence-corrected chi connectivity index (χ2v) is 5.26. The van der Waals surface area contributed by atoms with Gasteiger partial charge in [-0.05, 0) is 18.6 Å². The molecule has 0 bridgehead atoms. The Kier molecular flexibility index (Phi) is 8.59. The van der Waals surface area contributed by atoms with Crippen molar-refractivity contribution in [1.82, 2.24) is 5.01 Å². The molecule has 8 heteroatoms. The standard InChI is InChI=1S/C18H23N3O5/c1-3-11-25-17(23)14(18(24)26-12-4-2)9-10-21(20)16(22)13-7-5-6-8-15(13)19/h3-8,14H,1-2,9-12,19-20H2. The molecular formula is C18H23N3O5. The summed E-state index contributed by atoms with van der Waals surface area (Å²) in [4.78, 5) is 36.4. The topological polar surface area (TPSA) is 125 Å². The van der Waals surface area contributed by atoms with Crippen LogP contribution in [0.2, 0.25) is 0 Å². The van der Waals surface area contributed by atoms with E-state index in [4.69, 9.17) is 21.1 Å². The van der Waals surface area contributed by atoms with Gasteiger partial charge in [0.1, 0.15) is 13.2 Å². The highest BCUT2D eigenvalue weighted by molar-refractivity contribution is 5.99. The number of nitrogens with zero attached hydrogens (tertiary/aromatic N) is 1. The first-order chi connectivity index (χ1) is 12.4. The van der Waals surface area contributed by atoms with Crippen LogP contribution in [-0.4, -0.2) is 42.6 Å². The number of amides is 1. The third-order valence-corrected chi connectivity index (χ3v) is 3.37. The molecule has 1 amide bonds. The van der Waals surface area contributed by atoms with Gasteiger partial charge in [0, 0.05) is 12.2 Å². The van der Waals surface area contributed by atoms with Gasteiger partial charge in [0.2, 0.25) is 0 Å². The normalized spacial score (nSPS) is 10.1. The Balaban J connectivity index is 2.77. The van der Waals surface area contributed by atoms with Crippen LogP contribution in [-0.2, 0) is 19.1 Å². The SMILES string of the molecule is C=CCOC(=O)C(CCN(N)C(=O)c1ccccc1N)C(=O)OCC=C. The van der Waals surface area contributed by atoms with E-state index in [1.165, 1.54) is 18.2 Å². The van der Waals surface area contributed by atoms with Crippen molar-refractivity contribution in [3.05, 3.63) is 55.1 Å². The third kappa shape index (κ3) is 6.06. The molecule has 0 aliphatic heterocycles. The van der Waals surface area contributed by atoms with Crippen molar-refractivity contribution in [2.24, 2.45) is 11.8 Å². The van der Waals surface area contributed by atoms with Gasteiger partial charge in [-0.1, -0.05) is 37.4 Å². The molecule has 0 spiro atoms. The van der Waals surface area contributed by atoms with Crippen LogP contribution in [0.5, 0.6) is 0 Å². The molecule has 0 radical (unpaired) electrons. The minimum atomic E-state index is -1.22. The summed E-state index contributed by atoms with van der Waals surface area (Å²) in [6.07, 6.45) is 2.68. The maximum Gasteiger partial charge on any atom is 0.320 e. The van der Waals surface area contributed by atoms with Gasteiger partial charge in [0.15, 0.2) is 5.92 Å². The predicted octanol–water partition coefficient (Wildman–Crippen LogP) is 1.05. The molecule has 0 saturated heterocycles. The lowest BCUT2D eigenvalue weighted by atomic mass is 10.1. The van der Waals surface area contributed by atoms with E-state index in [1.54, 1.807) is 18.2 Å². The zero-order valence-corrected chi connectivity index (χ0v) is 14.4. The van der Waals surface area contributed by atoms with Crippen molar-refractivity contribution in [2.75, 3.05) is 25.5 Å². The summed E-state index contributed by atoms with van der Waals surface area (Å²) in [7, 11) is 0.